The van der Waals surface area contributed by atoms with Gasteiger partial charge in [-0.2, -0.15) is 0 Å². The third kappa shape index (κ3) is 2.64. The molecule has 2 heteroatoms. The normalized spacial score (nSPS) is 19.2. The molecule has 0 spiro atoms. The van der Waals surface area contributed by atoms with Crippen LogP contribution in [0.5, 0.6) is 0 Å². The second kappa shape index (κ2) is 5.66. The second-order valence-electron chi connectivity index (χ2n) is 5.60. The van der Waals surface area contributed by atoms with Gasteiger partial charge >= 0.3 is 0 Å². The maximum absolute atomic E-state index is 12.8. The van der Waals surface area contributed by atoms with Crippen molar-refractivity contribution in [1.82, 2.24) is 0 Å². The fraction of sp³-hybridized carbons (Fsp3) is 0.562. The minimum absolute atomic E-state index is 0.260. The van der Waals surface area contributed by atoms with Crippen molar-refractivity contribution < 1.29 is 4.79 Å². The summed E-state index contributed by atoms with van der Waals surface area (Å²) < 4.78 is 0. The highest BCUT2D eigenvalue weighted by Crippen LogP contribution is 2.37. The van der Waals surface area contributed by atoms with Crippen molar-refractivity contribution in [3.63, 3.8) is 0 Å². The molecule has 1 aliphatic rings. The van der Waals surface area contributed by atoms with E-state index in [1.807, 2.05) is 31.2 Å². The SMILES string of the molecule is Cc1cccc(C(=O)C2(CN)CCCCCC2)c1. The lowest BCUT2D eigenvalue weighted by molar-refractivity contribution is 0.0774. The molecule has 0 unspecified atom stereocenters. The second-order valence-corrected chi connectivity index (χ2v) is 5.60. The molecule has 1 saturated carbocycles. The third-order valence-corrected chi connectivity index (χ3v) is 4.21. The lowest BCUT2D eigenvalue weighted by Crippen LogP contribution is -2.38. The number of ketones is 1. The van der Waals surface area contributed by atoms with Gasteiger partial charge in [0.2, 0.25) is 0 Å². The van der Waals surface area contributed by atoms with Gasteiger partial charge in [-0.3, -0.25) is 4.79 Å². The van der Waals surface area contributed by atoms with Crippen molar-refractivity contribution in [2.75, 3.05) is 6.54 Å². The molecule has 0 bridgehead atoms. The van der Waals surface area contributed by atoms with E-state index >= 15 is 0 Å². The molecule has 0 atom stereocenters. The summed E-state index contributed by atoms with van der Waals surface area (Å²) in [5, 5.41) is 0. The van der Waals surface area contributed by atoms with Gasteiger partial charge in [0, 0.05) is 17.5 Å². The van der Waals surface area contributed by atoms with Crippen LogP contribution in [0.25, 0.3) is 0 Å². The van der Waals surface area contributed by atoms with Crippen LogP contribution < -0.4 is 5.73 Å². The summed E-state index contributed by atoms with van der Waals surface area (Å²) in [5.74, 6) is 0.260. The number of benzene rings is 1. The van der Waals surface area contributed by atoms with Crippen LogP contribution in [-0.4, -0.2) is 12.3 Å². The van der Waals surface area contributed by atoms with Crippen LogP contribution in [-0.2, 0) is 0 Å². The van der Waals surface area contributed by atoms with Gasteiger partial charge in [-0.25, -0.2) is 0 Å². The molecule has 0 saturated heterocycles. The lowest BCUT2D eigenvalue weighted by Gasteiger charge is -2.29. The third-order valence-electron chi connectivity index (χ3n) is 4.21. The highest BCUT2D eigenvalue weighted by atomic mass is 16.1. The Hall–Kier alpha value is -1.15. The van der Waals surface area contributed by atoms with Crippen LogP contribution in [0, 0.1) is 12.3 Å². The van der Waals surface area contributed by atoms with E-state index in [4.69, 9.17) is 5.73 Å². The van der Waals surface area contributed by atoms with E-state index in [1.165, 1.54) is 12.8 Å². The quantitative estimate of drug-likeness (QED) is 0.654. The van der Waals surface area contributed by atoms with Crippen molar-refractivity contribution in [3.05, 3.63) is 35.4 Å². The van der Waals surface area contributed by atoms with E-state index in [0.717, 1.165) is 36.8 Å². The average molecular weight is 245 g/mol. The van der Waals surface area contributed by atoms with Gasteiger partial charge in [0.15, 0.2) is 5.78 Å². The molecular formula is C16H23NO. The van der Waals surface area contributed by atoms with Crippen LogP contribution in [0.1, 0.15) is 54.4 Å². The molecule has 1 aliphatic carbocycles. The lowest BCUT2D eigenvalue weighted by atomic mass is 9.74. The van der Waals surface area contributed by atoms with Crippen molar-refractivity contribution in [2.24, 2.45) is 11.1 Å². The average Bonchev–Trinajstić information content (AvgIpc) is 2.64. The Balaban J connectivity index is 2.28. The molecule has 1 fully saturated rings. The summed E-state index contributed by atoms with van der Waals surface area (Å²) in [5.41, 5.74) is 7.64. The summed E-state index contributed by atoms with van der Waals surface area (Å²) in [6.07, 6.45) is 6.65. The minimum Gasteiger partial charge on any atom is -0.329 e. The maximum Gasteiger partial charge on any atom is 0.170 e. The minimum atomic E-state index is -0.301. The molecule has 18 heavy (non-hydrogen) atoms. The van der Waals surface area contributed by atoms with Crippen LogP contribution >= 0.6 is 0 Å². The predicted molar refractivity (Wildman–Crippen MR) is 74.7 cm³/mol. The Morgan fingerprint density at radius 1 is 1.22 bits per heavy atom. The van der Waals surface area contributed by atoms with Crippen molar-refractivity contribution in [2.45, 2.75) is 45.4 Å². The summed E-state index contributed by atoms with van der Waals surface area (Å²) in [7, 11) is 0. The van der Waals surface area contributed by atoms with E-state index in [-0.39, 0.29) is 11.2 Å². The Bertz CT molecular complexity index is 417. The number of hydrogen-bond acceptors (Lipinski definition) is 2. The Labute approximate surface area is 110 Å². The number of nitrogens with two attached hydrogens (primary N) is 1. The van der Waals surface area contributed by atoms with Gasteiger partial charge in [0.05, 0.1) is 0 Å². The molecule has 98 valence electrons. The topological polar surface area (TPSA) is 43.1 Å². The Morgan fingerprint density at radius 2 is 1.89 bits per heavy atom. The van der Waals surface area contributed by atoms with E-state index < -0.39 is 0 Å². The van der Waals surface area contributed by atoms with E-state index in [0.29, 0.717) is 6.54 Å². The molecule has 2 rings (SSSR count). The van der Waals surface area contributed by atoms with Crippen molar-refractivity contribution >= 4 is 5.78 Å². The van der Waals surface area contributed by atoms with Crippen molar-refractivity contribution in [3.8, 4) is 0 Å². The summed E-state index contributed by atoms with van der Waals surface area (Å²) >= 11 is 0. The summed E-state index contributed by atoms with van der Waals surface area (Å²) in [4.78, 5) is 12.8. The zero-order valence-electron chi connectivity index (χ0n) is 11.2. The Morgan fingerprint density at radius 3 is 2.44 bits per heavy atom. The fourth-order valence-electron chi connectivity index (χ4n) is 3.02. The van der Waals surface area contributed by atoms with Gasteiger partial charge in [-0.05, 0) is 25.8 Å². The zero-order valence-corrected chi connectivity index (χ0v) is 11.2. The highest BCUT2D eigenvalue weighted by molar-refractivity contribution is 6.00. The number of Topliss-reactive ketones (excluding diaryl/α,β-unsaturated/α-hetero) is 1. The van der Waals surface area contributed by atoms with Gasteiger partial charge in [0.25, 0.3) is 0 Å². The fourth-order valence-corrected chi connectivity index (χ4v) is 3.02. The highest BCUT2D eigenvalue weighted by Gasteiger charge is 2.37. The number of hydrogen-bond donors (Lipinski definition) is 1. The number of aryl methyl sites for hydroxylation is 1. The number of rotatable bonds is 3. The van der Waals surface area contributed by atoms with Gasteiger partial charge in [-0.15, -0.1) is 0 Å². The first kappa shape index (κ1) is 13.3. The smallest absolute Gasteiger partial charge is 0.170 e. The first-order valence-corrected chi connectivity index (χ1v) is 6.99. The molecule has 2 N–H and O–H groups in total. The first-order valence-electron chi connectivity index (χ1n) is 6.99. The molecule has 1 aromatic rings. The molecule has 0 aliphatic heterocycles. The van der Waals surface area contributed by atoms with Gasteiger partial charge in [0.1, 0.15) is 0 Å². The summed E-state index contributed by atoms with van der Waals surface area (Å²) in [6, 6.07) is 7.91. The number of carbonyl (C=O) groups is 1. The maximum atomic E-state index is 12.8. The van der Waals surface area contributed by atoms with Gasteiger partial charge in [-0.1, -0.05) is 49.4 Å². The predicted octanol–water partition coefficient (Wildman–Crippen LogP) is 3.48. The van der Waals surface area contributed by atoms with Crippen molar-refractivity contribution in [1.29, 1.82) is 0 Å². The first-order chi connectivity index (χ1) is 8.68. The standard InChI is InChI=1S/C16H23NO/c1-13-7-6-8-14(11-13)15(18)16(12-17)9-4-2-3-5-10-16/h6-8,11H,2-5,9-10,12,17H2,1H3. The molecule has 0 amide bonds. The Kier molecular flexibility index (Phi) is 4.18. The molecule has 0 heterocycles. The van der Waals surface area contributed by atoms with Crippen LogP contribution in [0.2, 0.25) is 0 Å². The van der Waals surface area contributed by atoms with E-state index in [2.05, 4.69) is 0 Å². The van der Waals surface area contributed by atoms with Crippen LogP contribution in [0.4, 0.5) is 0 Å². The van der Waals surface area contributed by atoms with Crippen LogP contribution in [0.3, 0.4) is 0 Å². The van der Waals surface area contributed by atoms with Crippen LogP contribution in [0.15, 0.2) is 24.3 Å². The molecule has 0 aromatic heterocycles. The summed E-state index contributed by atoms with van der Waals surface area (Å²) in [6.45, 7) is 2.51. The van der Waals surface area contributed by atoms with Gasteiger partial charge < -0.3 is 5.73 Å². The number of carbonyl (C=O) groups excluding carboxylic acids is 1. The largest absolute Gasteiger partial charge is 0.329 e. The molecule has 1 aromatic carbocycles. The molecular weight excluding hydrogens is 222 g/mol. The van der Waals surface area contributed by atoms with E-state index in [9.17, 15) is 4.79 Å². The molecule has 0 radical (unpaired) electrons. The van der Waals surface area contributed by atoms with E-state index in [1.54, 1.807) is 0 Å². The monoisotopic (exact) mass is 245 g/mol. The molecule has 2 nitrogen and oxygen atoms in total. The zero-order chi connectivity index (χ0) is 13.0.